The summed E-state index contributed by atoms with van der Waals surface area (Å²) in [6.07, 6.45) is -6.48. The minimum Gasteiger partial charge on any atom is -0.459 e. The molecule has 0 aliphatic carbocycles. The average Bonchev–Trinajstić information content (AvgIpc) is 2.82. The number of esters is 1. The van der Waals surface area contributed by atoms with Crippen molar-refractivity contribution in [2.45, 2.75) is 64.3 Å². The van der Waals surface area contributed by atoms with E-state index in [1.54, 1.807) is 25.7 Å². The predicted octanol–water partition coefficient (Wildman–Crippen LogP) is 7.69. The summed E-state index contributed by atoms with van der Waals surface area (Å²) in [6.45, 7) is 7.16. The molecule has 0 heterocycles. The summed E-state index contributed by atoms with van der Waals surface area (Å²) in [5.41, 5.74) is -0.0813. The second kappa shape index (κ2) is 11.2. The lowest BCUT2D eigenvalue weighted by molar-refractivity contribution is -0.166. The van der Waals surface area contributed by atoms with Gasteiger partial charge in [-0.2, -0.15) is 13.2 Å². The van der Waals surface area contributed by atoms with Crippen molar-refractivity contribution in [1.82, 2.24) is 4.90 Å². The first-order valence-electron chi connectivity index (χ1n) is 11.8. The van der Waals surface area contributed by atoms with Crippen LogP contribution in [0.2, 0.25) is 0 Å². The molecule has 0 saturated carbocycles. The largest absolute Gasteiger partial charge is 0.459 e. The van der Waals surface area contributed by atoms with Gasteiger partial charge in [-0.15, -0.1) is 0 Å². The molecule has 0 N–H and O–H groups in total. The standard InChI is InChI=1S/C29H31F4NO2/c1-20(22-13-9-6-10-14-22)34(19-21-11-7-5-8-12-21)26(27(35)36-28(2,3)4)25(30)23-15-17-24(18-16-23)29(31,32)33/h5-18,20,25-26H,19H2,1-4H3/t20-,25+,26+/m1/s1. The van der Waals surface area contributed by atoms with Crippen LogP contribution < -0.4 is 0 Å². The Morgan fingerprint density at radius 1 is 0.833 bits per heavy atom. The first kappa shape index (κ1) is 27.4. The summed E-state index contributed by atoms with van der Waals surface area (Å²) < 4.78 is 61.1. The van der Waals surface area contributed by atoms with Crippen molar-refractivity contribution in [3.63, 3.8) is 0 Å². The van der Waals surface area contributed by atoms with E-state index in [0.29, 0.717) is 0 Å². The maximum Gasteiger partial charge on any atom is 0.416 e. The highest BCUT2D eigenvalue weighted by Crippen LogP contribution is 2.36. The topological polar surface area (TPSA) is 29.5 Å². The molecule has 192 valence electrons. The van der Waals surface area contributed by atoms with Crippen LogP contribution in [0.4, 0.5) is 17.6 Å². The van der Waals surface area contributed by atoms with Crippen LogP contribution in [0.3, 0.4) is 0 Å². The highest BCUT2D eigenvalue weighted by molar-refractivity contribution is 5.77. The van der Waals surface area contributed by atoms with Gasteiger partial charge in [-0.05, 0) is 56.5 Å². The van der Waals surface area contributed by atoms with Gasteiger partial charge in [-0.1, -0.05) is 72.8 Å². The van der Waals surface area contributed by atoms with E-state index in [1.165, 1.54) is 0 Å². The van der Waals surface area contributed by atoms with Crippen molar-refractivity contribution in [2.24, 2.45) is 0 Å². The fourth-order valence-corrected chi connectivity index (χ4v) is 4.02. The number of hydrogen-bond donors (Lipinski definition) is 0. The van der Waals surface area contributed by atoms with E-state index >= 15 is 4.39 Å². The zero-order chi connectivity index (χ0) is 26.5. The molecule has 3 aromatic rings. The minimum absolute atomic E-state index is 0.0304. The molecule has 0 aromatic heterocycles. The molecule has 3 atom stereocenters. The van der Waals surface area contributed by atoms with Gasteiger partial charge in [0.2, 0.25) is 0 Å². The number of nitrogens with zero attached hydrogens (tertiary/aromatic N) is 1. The molecule has 3 nitrogen and oxygen atoms in total. The lowest BCUT2D eigenvalue weighted by atomic mass is 9.96. The maximum absolute atomic E-state index is 16.3. The van der Waals surface area contributed by atoms with Gasteiger partial charge in [0, 0.05) is 12.6 Å². The second-order valence-corrected chi connectivity index (χ2v) is 9.74. The molecule has 0 aliphatic heterocycles. The maximum atomic E-state index is 16.3. The quantitative estimate of drug-likeness (QED) is 0.234. The molecule has 3 aromatic carbocycles. The van der Waals surface area contributed by atoms with Gasteiger partial charge in [0.15, 0.2) is 6.17 Å². The van der Waals surface area contributed by atoms with E-state index in [0.717, 1.165) is 35.4 Å². The Labute approximate surface area is 209 Å². The van der Waals surface area contributed by atoms with Crippen LogP contribution in [-0.4, -0.2) is 22.5 Å². The second-order valence-electron chi connectivity index (χ2n) is 9.74. The van der Waals surface area contributed by atoms with Crippen LogP contribution in [0.25, 0.3) is 0 Å². The molecule has 0 radical (unpaired) electrons. The van der Waals surface area contributed by atoms with Gasteiger partial charge >= 0.3 is 12.1 Å². The number of rotatable bonds is 8. The third kappa shape index (κ3) is 7.17. The van der Waals surface area contributed by atoms with Crippen LogP contribution >= 0.6 is 0 Å². The number of halogens is 4. The van der Waals surface area contributed by atoms with Gasteiger partial charge in [0.05, 0.1) is 5.56 Å². The SMILES string of the molecule is C[C@H](c1ccccc1)N(Cc1ccccc1)[C@H](C(=O)OC(C)(C)C)[C@@H](F)c1ccc(C(F)(F)F)cc1. The molecule has 0 saturated heterocycles. The third-order valence-electron chi connectivity index (χ3n) is 5.83. The Kier molecular flexibility index (Phi) is 8.56. The number of carbonyl (C=O) groups excluding carboxylic acids is 1. The fourth-order valence-electron chi connectivity index (χ4n) is 4.02. The van der Waals surface area contributed by atoms with E-state index in [4.69, 9.17) is 4.74 Å². The molecule has 0 bridgehead atoms. The molecular weight excluding hydrogens is 470 g/mol. The van der Waals surface area contributed by atoms with Gasteiger partial charge in [0.25, 0.3) is 0 Å². The third-order valence-corrected chi connectivity index (χ3v) is 5.83. The van der Waals surface area contributed by atoms with Gasteiger partial charge in [-0.25, -0.2) is 4.39 Å². The van der Waals surface area contributed by atoms with Gasteiger partial charge in [-0.3, -0.25) is 9.69 Å². The zero-order valence-electron chi connectivity index (χ0n) is 20.8. The van der Waals surface area contributed by atoms with Gasteiger partial charge in [0.1, 0.15) is 11.6 Å². The number of alkyl halides is 4. The molecule has 0 fully saturated rings. The molecule has 0 unspecified atom stereocenters. The Morgan fingerprint density at radius 3 is 1.86 bits per heavy atom. The number of hydrogen-bond acceptors (Lipinski definition) is 3. The minimum atomic E-state index is -4.55. The zero-order valence-corrected chi connectivity index (χ0v) is 20.8. The van der Waals surface area contributed by atoms with Crippen molar-refractivity contribution in [3.8, 4) is 0 Å². The van der Waals surface area contributed by atoms with E-state index < -0.39 is 41.6 Å². The summed E-state index contributed by atoms with van der Waals surface area (Å²) in [6, 6.07) is 20.7. The Hall–Kier alpha value is -3.19. The molecule has 0 amide bonds. The van der Waals surface area contributed by atoms with Gasteiger partial charge < -0.3 is 4.74 Å². The summed E-state index contributed by atoms with van der Waals surface area (Å²) >= 11 is 0. The Morgan fingerprint density at radius 2 is 1.36 bits per heavy atom. The van der Waals surface area contributed by atoms with Crippen molar-refractivity contribution in [2.75, 3.05) is 0 Å². The highest BCUT2D eigenvalue weighted by atomic mass is 19.4. The molecule has 3 rings (SSSR count). The number of ether oxygens (including phenoxy) is 1. The van der Waals surface area contributed by atoms with Crippen LogP contribution in [0.15, 0.2) is 84.9 Å². The molecule has 7 heteroatoms. The van der Waals surface area contributed by atoms with Crippen LogP contribution in [0, 0.1) is 0 Å². The van der Waals surface area contributed by atoms with E-state index in [-0.39, 0.29) is 12.1 Å². The van der Waals surface area contributed by atoms with Crippen molar-refractivity contribution < 1.29 is 27.1 Å². The summed E-state index contributed by atoms with van der Waals surface area (Å²) in [5.74, 6) is -0.784. The molecule has 0 spiro atoms. The van der Waals surface area contributed by atoms with Crippen LogP contribution in [0.1, 0.15) is 62.2 Å². The van der Waals surface area contributed by atoms with E-state index in [9.17, 15) is 18.0 Å². The van der Waals surface area contributed by atoms with Crippen molar-refractivity contribution in [1.29, 1.82) is 0 Å². The normalized spacial score (nSPS) is 14.8. The van der Waals surface area contributed by atoms with E-state index in [2.05, 4.69) is 0 Å². The lowest BCUT2D eigenvalue weighted by Gasteiger charge is -2.38. The molecule has 36 heavy (non-hydrogen) atoms. The van der Waals surface area contributed by atoms with Crippen molar-refractivity contribution in [3.05, 3.63) is 107 Å². The smallest absolute Gasteiger partial charge is 0.416 e. The number of carbonyl (C=O) groups is 1. The van der Waals surface area contributed by atoms with Crippen LogP contribution in [0.5, 0.6) is 0 Å². The Bertz CT molecular complexity index is 1110. The molecular formula is C29H31F4NO2. The average molecular weight is 502 g/mol. The summed E-state index contributed by atoms with van der Waals surface area (Å²) in [5, 5.41) is 0. The van der Waals surface area contributed by atoms with Crippen molar-refractivity contribution >= 4 is 5.97 Å². The first-order chi connectivity index (χ1) is 16.9. The summed E-state index contributed by atoms with van der Waals surface area (Å²) in [7, 11) is 0. The Balaban J connectivity index is 2.08. The summed E-state index contributed by atoms with van der Waals surface area (Å²) in [4.78, 5) is 15.2. The van der Waals surface area contributed by atoms with Crippen LogP contribution in [-0.2, 0) is 22.3 Å². The fraction of sp³-hybridized carbons (Fsp3) is 0.345. The number of benzene rings is 3. The predicted molar refractivity (Wildman–Crippen MR) is 132 cm³/mol. The van der Waals surface area contributed by atoms with E-state index in [1.807, 2.05) is 67.6 Å². The monoisotopic (exact) mass is 501 g/mol. The molecule has 0 aliphatic rings. The lowest BCUT2D eigenvalue weighted by Crippen LogP contribution is -2.47. The first-order valence-corrected chi connectivity index (χ1v) is 11.8. The highest BCUT2D eigenvalue weighted by Gasteiger charge is 2.41.